The Morgan fingerprint density at radius 2 is 2.24 bits per heavy atom. The zero-order chi connectivity index (χ0) is 14.7. The maximum absolute atomic E-state index is 5.91. The molecule has 1 aliphatic carbocycles. The van der Waals surface area contributed by atoms with Crippen LogP contribution in [-0.4, -0.2) is 48.9 Å². The van der Waals surface area contributed by atoms with Gasteiger partial charge in [-0.15, -0.1) is 0 Å². The topological polar surface area (TPSA) is 29.4 Å². The predicted octanol–water partition coefficient (Wildman–Crippen LogP) is 2.20. The summed E-state index contributed by atoms with van der Waals surface area (Å²) in [6.45, 7) is 7.19. The summed E-state index contributed by atoms with van der Waals surface area (Å²) in [7, 11) is 2.18. The van der Waals surface area contributed by atoms with Crippen molar-refractivity contribution in [3.8, 4) is 0 Å². The highest BCUT2D eigenvalue weighted by atomic mass is 16.5. The molecule has 1 N–H and O–H groups in total. The van der Waals surface area contributed by atoms with Crippen LogP contribution in [0.5, 0.6) is 0 Å². The molecule has 0 amide bonds. The highest BCUT2D eigenvalue weighted by Gasteiger charge is 2.22. The number of nitrogens with zero attached hydrogens (tertiary/aromatic N) is 2. The summed E-state index contributed by atoms with van der Waals surface area (Å²) in [5.41, 5.74) is 3.07. The Hall–Kier alpha value is -0.840. The van der Waals surface area contributed by atoms with E-state index in [4.69, 9.17) is 4.74 Å². The Balaban J connectivity index is 1.71. The molecule has 1 aromatic heterocycles. The number of nitrogens with one attached hydrogen (secondary N) is 1. The monoisotopic (exact) mass is 291 g/mol. The van der Waals surface area contributed by atoms with E-state index in [1.54, 1.807) is 5.56 Å². The second-order valence-electron chi connectivity index (χ2n) is 6.55. The molecule has 1 fully saturated rings. The lowest BCUT2D eigenvalue weighted by Crippen LogP contribution is -2.41. The normalized spacial score (nSPS) is 27.3. The third-order valence-corrected chi connectivity index (χ3v) is 4.77. The molecule has 0 radical (unpaired) electrons. The summed E-state index contributed by atoms with van der Waals surface area (Å²) in [4.78, 5) is 2.37. The van der Waals surface area contributed by atoms with Gasteiger partial charge in [-0.3, -0.25) is 0 Å². The lowest BCUT2D eigenvalue weighted by molar-refractivity contribution is -0.0274. The molecule has 4 nitrogen and oxygen atoms in total. The van der Waals surface area contributed by atoms with Crippen molar-refractivity contribution in [2.45, 2.75) is 51.3 Å². The Morgan fingerprint density at radius 3 is 3.05 bits per heavy atom. The average Bonchev–Trinajstić information content (AvgIpc) is 2.76. The van der Waals surface area contributed by atoms with Gasteiger partial charge < -0.3 is 19.5 Å². The number of aromatic nitrogens is 1. The van der Waals surface area contributed by atoms with Gasteiger partial charge in [-0.05, 0) is 44.0 Å². The van der Waals surface area contributed by atoms with Crippen molar-refractivity contribution in [2.75, 3.05) is 33.3 Å². The molecule has 1 saturated heterocycles. The van der Waals surface area contributed by atoms with Gasteiger partial charge in [-0.25, -0.2) is 0 Å². The van der Waals surface area contributed by atoms with Crippen LogP contribution in [0.1, 0.15) is 43.4 Å². The van der Waals surface area contributed by atoms with Gasteiger partial charge in [-0.2, -0.15) is 0 Å². The van der Waals surface area contributed by atoms with E-state index >= 15 is 0 Å². The van der Waals surface area contributed by atoms with Crippen LogP contribution in [0.15, 0.2) is 12.4 Å². The van der Waals surface area contributed by atoms with E-state index in [2.05, 4.69) is 41.1 Å². The number of likely N-dealkylation sites (N-methyl/N-ethyl adjacent to an activating group) is 1. The summed E-state index contributed by atoms with van der Waals surface area (Å²) in [6.07, 6.45) is 10.2. The van der Waals surface area contributed by atoms with Crippen LogP contribution in [-0.2, 0) is 17.7 Å². The molecule has 0 spiro atoms. The van der Waals surface area contributed by atoms with Crippen LogP contribution in [0.25, 0.3) is 0 Å². The highest BCUT2D eigenvalue weighted by Crippen LogP contribution is 2.29. The van der Waals surface area contributed by atoms with Gasteiger partial charge in [0.2, 0.25) is 0 Å². The standard InChI is InChI=1S/C17H29N3O/c1-3-18-17-7-5-4-6-14-10-20(13-16(14)17)12-15-11-19(2)8-9-21-15/h10,13,15,17-18H,3-9,11-12H2,1-2H3. The van der Waals surface area contributed by atoms with Crippen molar-refractivity contribution in [3.63, 3.8) is 0 Å². The number of fused-ring (bicyclic) bond motifs is 1. The molecule has 2 atom stereocenters. The zero-order valence-electron chi connectivity index (χ0n) is 13.5. The van der Waals surface area contributed by atoms with E-state index in [0.29, 0.717) is 12.1 Å². The quantitative estimate of drug-likeness (QED) is 0.862. The molecule has 2 aliphatic rings. The highest BCUT2D eigenvalue weighted by molar-refractivity contribution is 5.29. The minimum atomic E-state index is 0.331. The molecule has 1 aliphatic heterocycles. The molecule has 0 bridgehead atoms. The molecule has 2 unspecified atom stereocenters. The summed E-state index contributed by atoms with van der Waals surface area (Å²) in [6, 6.07) is 0.545. The Labute approximate surface area is 128 Å². The summed E-state index contributed by atoms with van der Waals surface area (Å²) < 4.78 is 8.27. The smallest absolute Gasteiger partial charge is 0.0880 e. The lowest BCUT2D eigenvalue weighted by atomic mass is 10.0. The maximum Gasteiger partial charge on any atom is 0.0880 e. The molecule has 21 heavy (non-hydrogen) atoms. The van der Waals surface area contributed by atoms with Crippen LogP contribution in [0.4, 0.5) is 0 Å². The maximum atomic E-state index is 5.91. The third-order valence-electron chi connectivity index (χ3n) is 4.77. The van der Waals surface area contributed by atoms with Crippen molar-refractivity contribution in [1.29, 1.82) is 0 Å². The molecular formula is C17H29N3O. The predicted molar refractivity (Wildman–Crippen MR) is 85.6 cm³/mol. The summed E-state index contributed by atoms with van der Waals surface area (Å²) in [5, 5.41) is 3.65. The second kappa shape index (κ2) is 6.95. The fourth-order valence-corrected chi connectivity index (χ4v) is 3.69. The number of morpholine rings is 1. The van der Waals surface area contributed by atoms with Gasteiger partial charge in [0.25, 0.3) is 0 Å². The van der Waals surface area contributed by atoms with E-state index in [9.17, 15) is 0 Å². The van der Waals surface area contributed by atoms with Gasteiger partial charge in [0.05, 0.1) is 12.7 Å². The van der Waals surface area contributed by atoms with E-state index in [-0.39, 0.29) is 0 Å². The first-order valence-corrected chi connectivity index (χ1v) is 8.48. The van der Waals surface area contributed by atoms with Crippen LogP contribution >= 0.6 is 0 Å². The Kier molecular flexibility index (Phi) is 4.99. The minimum Gasteiger partial charge on any atom is -0.374 e. The first-order valence-electron chi connectivity index (χ1n) is 8.48. The number of ether oxygens (including phenoxy) is 1. The van der Waals surface area contributed by atoms with Crippen LogP contribution in [0.3, 0.4) is 0 Å². The summed E-state index contributed by atoms with van der Waals surface area (Å²) >= 11 is 0. The van der Waals surface area contributed by atoms with Gasteiger partial charge in [0.1, 0.15) is 0 Å². The first kappa shape index (κ1) is 15.1. The summed E-state index contributed by atoms with van der Waals surface area (Å²) in [5.74, 6) is 0. The fraction of sp³-hybridized carbons (Fsp3) is 0.765. The Bertz CT molecular complexity index is 457. The molecule has 2 heterocycles. The number of hydrogen-bond acceptors (Lipinski definition) is 3. The van der Waals surface area contributed by atoms with Crippen LogP contribution in [0, 0.1) is 0 Å². The van der Waals surface area contributed by atoms with Crippen molar-refractivity contribution in [2.24, 2.45) is 0 Å². The van der Waals surface area contributed by atoms with Crippen LogP contribution in [0.2, 0.25) is 0 Å². The van der Waals surface area contributed by atoms with Gasteiger partial charge in [0.15, 0.2) is 0 Å². The first-order chi connectivity index (χ1) is 10.3. The van der Waals surface area contributed by atoms with E-state index in [1.165, 1.54) is 31.2 Å². The molecule has 118 valence electrons. The van der Waals surface area contributed by atoms with Gasteiger partial charge >= 0.3 is 0 Å². The minimum absolute atomic E-state index is 0.331. The SMILES string of the molecule is CCNC1CCCCc2cn(CC3CN(C)CCO3)cc21. The van der Waals surface area contributed by atoms with Gasteiger partial charge in [-0.1, -0.05) is 13.3 Å². The van der Waals surface area contributed by atoms with Crippen molar-refractivity contribution < 1.29 is 4.74 Å². The van der Waals surface area contributed by atoms with E-state index in [1.807, 2.05) is 0 Å². The molecule has 0 aromatic carbocycles. The number of hydrogen-bond donors (Lipinski definition) is 1. The molecule has 4 heteroatoms. The Morgan fingerprint density at radius 1 is 1.33 bits per heavy atom. The van der Waals surface area contributed by atoms with Crippen molar-refractivity contribution in [3.05, 3.63) is 23.5 Å². The lowest BCUT2D eigenvalue weighted by Gasteiger charge is -2.30. The fourth-order valence-electron chi connectivity index (χ4n) is 3.69. The molecule has 3 rings (SSSR count). The third kappa shape index (κ3) is 3.68. The molecular weight excluding hydrogens is 262 g/mol. The van der Waals surface area contributed by atoms with Crippen molar-refractivity contribution >= 4 is 0 Å². The number of rotatable bonds is 4. The van der Waals surface area contributed by atoms with Crippen molar-refractivity contribution in [1.82, 2.24) is 14.8 Å². The zero-order valence-corrected chi connectivity index (χ0v) is 13.5. The van der Waals surface area contributed by atoms with Gasteiger partial charge in [0, 0.05) is 38.1 Å². The van der Waals surface area contributed by atoms with E-state index < -0.39 is 0 Å². The second-order valence-corrected chi connectivity index (χ2v) is 6.55. The molecule has 1 aromatic rings. The number of aryl methyl sites for hydroxylation is 1. The average molecular weight is 291 g/mol. The van der Waals surface area contributed by atoms with Crippen LogP contribution < -0.4 is 5.32 Å². The molecule has 0 saturated carbocycles. The largest absolute Gasteiger partial charge is 0.374 e. The van der Waals surface area contributed by atoms with E-state index in [0.717, 1.165) is 32.8 Å².